The van der Waals surface area contributed by atoms with Crippen LogP contribution in [0.3, 0.4) is 0 Å². The van der Waals surface area contributed by atoms with E-state index in [0.29, 0.717) is 6.61 Å². The lowest BCUT2D eigenvalue weighted by Gasteiger charge is -2.35. The van der Waals surface area contributed by atoms with Crippen LogP contribution in [-0.2, 0) is 25.2 Å². The molecule has 0 N–H and O–H groups in total. The largest absolute Gasteiger partial charge is 0.408 e. The molecule has 6 heteroatoms. The van der Waals surface area contributed by atoms with Crippen molar-refractivity contribution in [3.05, 3.63) is 35.9 Å². The molecule has 1 aliphatic rings. The molecule has 1 heterocycles. The minimum Gasteiger partial charge on any atom is -0.408 e. The average molecular weight is 478 g/mol. The van der Waals surface area contributed by atoms with Crippen molar-refractivity contribution in [1.82, 2.24) is 0 Å². The zero-order valence-corrected chi connectivity index (χ0v) is 18.9. The van der Waals surface area contributed by atoms with E-state index in [2.05, 4.69) is 55.5 Å². The van der Waals surface area contributed by atoms with Crippen molar-refractivity contribution in [3.8, 4) is 0 Å². The number of ether oxygens (including phenoxy) is 3. The summed E-state index contributed by atoms with van der Waals surface area (Å²) in [7, 11) is -0.0710. The third-order valence-electron chi connectivity index (χ3n) is 5.26. The summed E-state index contributed by atoms with van der Waals surface area (Å²) in [5.74, 6) is 0. The summed E-state index contributed by atoms with van der Waals surface area (Å²) < 4.78 is 25.6. The highest BCUT2D eigenvalue weighted by Crippen LogP contribution is 2.34. The normalized spacial score (nSPS) is 26.9. The van der Waals surface area contributed by atoms with E-state index in [9.17, 15) is 0 Å². The van der Waals surface area contributed by atoms with E-state index in [1.165, 1.54) is 0 Å². The first-order valence-electron chi connectivity index (χ1n) is 9.20. The lowest BCUT2D eigenvalue weighted by molar-refractivity contribution is -0.162. The maximum absolute atomic E-state index is 6.79. The van der Waals surface area contributed by atoms with Gasteiger partial charge in [-0.25, -0.2) is 0 Å². The second-order valence-electron chi connectivity index (χ2n) is 6.52. The smallest absolute Gasteiger partial charge is 0.192 e. The summed E-state index contributed by atoms with van der Waals surface area (Å²) in [6.45, 7) is 7.30. The van der Waals surface area contributed by atoms with Crippen LogP contribution in [-0.4, -0.2) is 44.5 Å². The molecule has 0 bridgehead atoms. The van der Waals surface area contributed by atoms with Crippen LogP contribution in [0.1, 0.15) is 26.3 Å². The molecular weight excluding hydrogens is 447 g/mol. The molecule has 1 aromatic carbocycles. The van der Waals surface area contributed by atoms with Crippen LogP contribution in [0.5, 0.6) is 0 Å². The second-order valence-corrected chi connectivity index (χ2v) is 12.1. The van der Waals surface area contributed by atoms with Crippen molar-refractivity contribution in [1.29, 1.82) is 0 Å². The molecule has 1 saturated heterocycles. The van der Waals surface area contributed by atoms with Crippen molar-refractivity contribution in [2.75, 3.05) is 11.5 Å². The van der Waals surface area contributed by atoms with Gasteiger partial charge in [-0.15, -0.1) is 0 Å². The Morgan fingerprint density at radius 2 is 1.68 bits per heavy atom. The fourth-order valence-electron chi connectivity index (χ4n) is 3.38. The number of benzene rings is 1. The van der Waals surface area contributed by atoms with Crippen molar-refractivity contribution < 1.29 is 18.6 Å². The number of methoxy groups -OCH3 is 1. The van der Waals surface area contributed by atoms with Crippen LogP contribution in [0.2, 0.25) is 18.1 Å². The maximum Gasteiger partial charge on any atom is 0.192 e. The highest BCUT2D eigenvalue weighted by molar-refractivity contribution is 14.1. The van der Waals surface area contributed by atoms with Gasteiger partial charge in [-0.2, -0.15) is 0 Å². The number of halogens is 1. The molecule has 1 aromatic rings. The zero-order chi connectivity index (χ0) is 18.3. The SMILES string of the molecule is CC[Si](CC)(CC)O[C@@H]1[C@@H](CI)OC(OC)[C@@H]1OCc1ccccc1. The highest BCUT2D eigenvalue weighted by atomic mass is 127. The predicted molar refractivity (Wildman–Crippen MR) is 112 cm³/mol. The molecule has 1 unspecified atom stereocenters. The van der Waals surface area contributed by atoms with Crippen LogP contribution < -0.4 is 0 Å². The quantitative estimate of drug-likeness (QED) is 0.276. The monoisotopic (exact) mass is 478 g/mol. The summed E-state index contributed by atoms with van der Waals surface area (Å²) in [5.41, 5.74) is 1.15. The number of hydrogen-bond donors (Lipinski definition) is 0. The van der Waals surface area contributed by atoms with E-state index in [-0.39, 0.29) is 24.6 Å². The predicted octanol–water partition coefficient (Wildman–Crippen LogP) is 4.77. The minimum atomic E-state index is -1.75. The van der Waals surface area contributed by atoms with Gasteiger partial charge in [0.1, 0.15) is 12.2 Å². The minimum absolute atomic E-state index is 0.0165. The summed E-state index contributed by atoms with van der Waals surface area (Å²) in [5, 5.41) is 0. The van der Waals surface area contributed by atoms with Crippen LogP contribution in [0, 0.1) is 0 Å². The molecule has 4 atom stereocenters. The molecule has 0 radical (unpaired) electrons. The summed E-state index contributed by atoms with van der Waals surface area (Å²) >= 11 is 2.37. The summed E-state index contributed by atoms with van der Waals surface area (Å²) in [4.78, 5) is 0. The topological polar surface area (TPSA) is 36.9 Å². The Bertz CT molecular complexity index is 489. The number of rotatable bonds is 10. The van der Waals surface area contributed by atoms with E-state index < -0.39 is 8.32 Å². The third kappa shape index (κ3) is 5.26. The van der Waals surface area contributed by atoms with Gasteiger partial charge in [0.2, 0.25) is 0 Å². The summed E-state index contributed by atoms with van der Waals surface area (Å²) in [6.07, 6.45) is -0.604. The van der Waals surface area contributed by atoms with Crippen LogP contribution >= 0.6 is 22.6 Å². The van der Waals surface area contributed by atoms with Gasteiger partial charge in [0.15, 0.2) is 14.6 Å². The summed E-state index contributed by atoms with van der Waals surface area (Å²) in [6, 6.07) is 13.6. The molecule has 1 aliphatic heterocycles. The Labute approximate surface area is 166 Å². The fraction of sp³-hybridized carbons (Fsp3) is 0.684. The molecule has 25 heavy (non-hydrogen) atoms. The molecule has 4 nitrogen and oxygen atoms in total. The van der Waals surface area contributed by atoms with E-state index in [1.807, 2.05) is 18.2 Å². The highest BCUT2D eigenvalue weighted by Gasteiger charge is 2.49. The first-order valence-corrected chi connectivity index (χ1v) is 13.3. The third-order valence-corrected chi connectivity index (χ3v) is 10.8. The van der Waals surface area contributed by atoms with Crippen molar-refractivity contribution >= 4 is 30.9 Å². The Balaban J connectivity index is 2.15. The standard InChI is InChI=1S/C19H31IO4Si/c1-5-25(6-2,7-3)24-17-16(13-20)23-19(21-4)18(17)22-14-15-11-9-8-10-12-15/h8-12,16-19H,5-7,13-14H2,1-4H3/t16-,17-,18-,19?/m1/s1. The first-order chi connectivity index (χ1) is 12.1. The Kier molecular flexibility index (Phi) is 8.84. The van der Waals surface area contributed by atoms with Gasteiger partial charge in [0.25, 0.3) is 0 Å². The molecule has 0 spiro atoms. The maximum atomic E-state index is 6.79. The van der Waals surface area contributed by atoms with Crippen LogP contribution in [0.25, 0.3) is 0 Å². The molecule has 1 fully saturated rings. The Morgan fingerprint density at radius 1 is 1.04 bits per heavy atom. The molecule has 0 saturated carbocycles. The first kappa shape index (κ1) is 21.3. The van der Waals surface area contributed by atoms with Crippen molar-refractivity contribution in [2.24, 2.45) is 0 Å². The van der Waals surface area contributed by atoms with Gasteiger partial charge in [0, 0.05) is 11.5 Å². The van der Waals surface area contributed by atoms with Crippen molar-refractivity contribution in [3.63, 3.8) is 0 Å². The van der Waals surface area contributed by atoms with Gasteiger partial charge >= 0.3 is 0 Å². The van der Waals surface area contributed by atoms with Crippen LogP contribution in [0.15, 0.2) is 30.3 Å². The zero-order valence-electron chi connectivity index (χ0n) is 15.7. The molecular formula is C19H31IO4Si. The van der Waals surface area contributed by atoms with Gasteiger partial charge < -0.3 is 18.6 Å². The molecule has 2 rings (SSSR count). The van der Waals surface area contributed by atoms with Gasteiger partial charge in [0.05, 0.1) is 12.7 Å². The molecule has 142 valence electrons. The van der Waals surface area contributed by atoms with E-state index >= 15 is 0 Å². The van der Waals surface area contributed by atoms with E-state index in [4.69, 9.17) is 18.6 Å². The number of alkyl halides is 1. The van der Waals surface area contributed by atoms with Gasteiger partial charge in [-0.1, -0.05) is 73.7 Å². The average Bonchev–Trinajstić information content (AvgIpc) is 3.01. The Morgan fingerprint density at radius 3 is 2.20 bits per heavy atom. The fourth-order valence-corrected chi connectivity index (χ4v) is 6.95. The van der Waals surface area contributed by atoms with Crippen LogP contribution in [0.4, 0.5) is 0 Å². The van der Waals surface area contributed by atoms with E-state index in [0.717, 1.165) is 28.1 Å². The number of hydrogen-bond acceptors (Lipinski definition) is 4. The van der Waals surface area contributed by atoms with Gasteiger partial charge in [-0.05, 0) is 23.7 Å². The molecule has 0 amide bonds. The Hall–Kier alpha value is 0.00688. The second kappa shape index (κ2) is 10.4. The molecule has 0 aliphatic carbocycles. The molecule has 0 aromatic heterocycles. The van der Waals surface area contributed by atoms with Gasteiger partial charge in [-0.3, -0.25) is 0 Å². The van der Waals surface area contributed by atoms with E-state index in [1.54, 1.807) is 7.11 Å². The lowest BCUT2D eigenvalue weighted by Crippen LogP contribution is -2.48. The lowest BCUT2D eigenvalue weighted by atomic mass is 10.1. The van der Waals surface area contributed by atoms with Crippen molar-refractivity contribution in [2.45, 2.75) is 70.1 Å².